The van der Waals surface area contributed by atoms with E-state index in [-0.39, 0.29) is 17.4 Å². The molecule has 0 aliphatic carbocycles. The maximum absolute atomic E-state index is 12.7. The van der Waals surface area contributed by atoms with E-state index in [2.05, 4.69) is 21.8 Å². The molecule has 2 fully saturated rings. The normalized spacial score (nSPS) is 26.3. The predicted molar refractivity (Wildman–Crippen MR) is 82.3 cm³/mol. The van der Waals surface area contributed by atoms with Crippen LogP contribution < -0.4 is 5.73 Å². The highest BCUT2D eigenvalue weighted by molar-refractivity contribution is 5.96. The molecule has 2 saturated heterocycles. The standard InChI is InChI=1S/C15H23N5O2/c1-2-11-9-20(10-12(11)19-5-7-22-8-6-19)15(21)13-14(16)18-4-3-17-13/h3-4,11-12H,2,5-10H2,1H3,(H2,16,18)/t11-,12-/m0/s1. The van der Waals surface area contributed by atoms with Crippen molar-refractivity contribution in [2.45, 2.75) is 19.4 Å². The highest BCUT2D eigenvalue weighted by atomic mass is 16.5. The number of nitrogens with zero attached hydrogens (tertiary/aromatic N) is 4. The van der Waals surface area contributed by atoms with E-state index in [0.29, 0.717) is 12.0 Å². The summed E-state index contributed by atoms with van der Waals surface area (Å²) in [7, 11) is 0. The van der Waals surface area contributed by atoms with E-state index in [1.54, 1.807) is 0 Å². The van der Waals surface area contributed by atoms with Gasteiger partial charge in [-0.15, -0.1) is 0 Å². The van der Waals surface area contributed by atoms with Crippen LogP contribution in [-0.4, -0.2) is 71.1 Å². The first-order valence-electron chi connectivity index (χ1n) is 7.88. The lowest BCUT2D eigenvalue weighted by Gasteiger charge is -2.34. The number of likely N-dealkylation sites (tertiary alicyclic amines) is 1. The molecular weight excluding hydrogens is 282 g/mol. The van der Waals surface area contributed by atoms with Crippen LogP contribution in [0.15, 0.2) is 12.4 Å². The van der Waals surface area contributed by atoms with Crippen molar-refractivity contribution in [1.29, 1.82) is 0 Å². The summed E-state index contributed by atoms with van der Waals surface area (Å²) in [6.07, 6.45) is 4.07. The number of hydrogen-bond donors (Lipinski definition) is 1. The summed E-state index contributed by atoms with van der Waals surface area (Å²) in [5.74, 6) is 0.579. The fourth-order valence-corrected chi connectivity index (χ4v) is 3.41. The highest BCUT2D eigenvalue weighted by Gasteiger charge is 2.39. The topological polar surface area (TPSA) is 84.6 Å². The number of nitrogens with two attached hydrogens (primary N) is 1. The zero-order chi connectivity index (χ0) is 15.5. The van der Waals surface area contributed by atoms with Crippen LogP contribution in [0.4, 0.5) is 5.82 Å². The maximum Gasteiger partial charge on any atom is 0.276 e. The zero-order valence-corrected chi connectivity index (χ0v) is 12.9. The molecule has 1 aromatic rings. The second-order valence-electron chi connectivity index (χ2n) is 5.88. The molecule has 2 aliphatic rings. The number of rotatable bonds is 3. The molecule has 22 heavy (non-hydrogen) atoms. The summed E-state index contributed by atoms with van der Waals surface area (Å²) < 4.78 is 5.43. The molecule has 1 amide bonds. The van der Waals surface area contributed by atoms with E-state index < -0.39 is 0 Å². The summed E-state index contributed by atoms with van der Waals surface area (Å²) in [6.45, 7) is 7.10. The van der Waals surface area contributed by atoms with Gasteiger partial charge >= 0.3 is 0 Å². The summed E-state index contributed by atoms with van der Waals surface area (Å²) in [5, 5.41) is 0. The van der Waals surface area contributed by atoms with Crippen molar-refractivity contribution in [3.63, 3.8) is 0 Å². The third kappa shape index (κ3) is 2.91. The highest BCUT2D eigenvalue weighted by Crippen LogP contribution is 2.27. The van der Waals surface area contributed by atoms with Gasteiger partial charge in [0, 0.05) is 44.6 Å². The van der Waals surface area contributed by atoms with Gasteiger partial charge in [-0.3, -0.25) is 9.69 Å². The average molecular weight is 305 g/mol. The monoisotopic (exact) mass is 305 g/mol. The fraction of sp³-hybridized carbons (Fsp3) is 0.667. The number of anilines is 1. The van der Waals surface area contributed by atoms with Gasteiger partial charge < -0.3 is 15.4 Å². The SMILES string of the molecule is CC[C@H]1CN(C(=O)c2nccnc2N)C[C@@H]1N1CCOCC1. The van der Waals surface area contributed by atoms with Crippen molar-refractivity contribution >= 4 is 11.7 Å². The molecule has 0 spiro atoms. The Morgan fingerprint density at radius 1 is 1.32 bits per heavy atom. The molecular formula is C15H23N5O2. The number of ether oxygens (including phenoxy) is 1. The van der Waals surface area contributed by atoms with Crippen molar-refractivity contribution in [2.75, 3.05) is 45.1 Å². The molecule has 0 saturated carbocycles. The largest absolute Gasteiger partial charge is 0.382 e. The van der Waals surface area contributed by atoms with Gasteiger partial charge in [0.25, 0.3) is 5.91 Å². The molecule has 0 unspecified atom stereocenters. The molecule has 0 aromatic carbocycles. The van der Waals surface area contributed by atoms with Crippen LogP contribution in [0.25, 0.3) is 0 Å². The smallest absolute Gasteiger partial charge is 0.276 e. The number of aromatic nitrogens is 2. The van der Waals surface area contributed by atoms with Gasteiger partial charge in [0.1, 0.15) is 0 Å². The lowest BCUT2D eigenvalue weighted by Crippen LogP contribution is -2.47. The van der Waals surface area contributed by atoms with E-state index in [1.165, 1.54) is 12.4 Å². The van der Waals surface area contributed by atoms with E-state index >= 15 is 0 Å². The minimum Gasteiger partial charge on any atom is -0.382 e. The van der Waals surface area contributed by atoms with Crippen LogP contribution in [0.2, 0.25) is 0 Å². The molecule has 7 heteroatoms. The van der Waals surface area contributed by atoms with Gasteiger partial charge in [0.05, 0.1) is 13.2 Å². The van der Waals surface area contributed by atoms with Crippen LogP contribution in [0.1, 0.15) is 23.8 Å². The van der Waals surface area contributed by atoms with E-state index in [1.807, 2.05) is 4.90 Å². The van der Waals surface area contributed by atoms with Crippen LogP contribution in [-0.2, 0) is 4.74 Å². The Morgan fingerprint density at radius 3 is 2.73 bits per heavy atom. The van der Waals surface area contributed by atoms with Gasteiger partial charge in [-0.1, -0.05) is 13.3 Å². The fourth-order valence-electron chi connectivity index (χ4n) is 3.41. The van der Waals surface area contributed by atoms with Gasteiger partial charge in [-0.25, -0.2) is 9.97 Å². The van der Waals surface area contributed by atoms with Crippen molar-refractivity contribution in [3.05, 3.63) is 18.1 Å². The summed E-state index contributed by atoms with van der Waals surface area (Å²) in [6, 6.07) is 0.399. The number of carbonyl (C=O) groups excluding carboxylic acids is 1. The second-order valence-corrected chi connectivity index (χ2v) is 5.88. The van der Waals surface area contributed by atoms with Gasteiger partial charge in [0.2, 0.25) is 0 Å². The Labute approximate surface area is 130 Å². The molecule has 1 aromatic heterocycles. The van der Waals surface area contributed by atoms with E-state index in [4.69, 9.17) is 10.5 Å². The second kappa shape index (κ2) is 6.58. The molecule has 120 valence electrons. The van der Waals surface area contributed by atoms with Crippen molar-refractivity contribution < 1.29 is 9.53 Å². The third-order valence-electron chi connectivity index (χ3n) is 4.66. The Balaban J connectivity index is 1.73. The molecule has 3 rings (SSSR count). The molecule has 7 nitrogen and oxygen atoms in total. The molecule has 2 N–H and O–H groups in total. The summed E-state index contributed by atoms with van der Waals surface area (Å²) in [4.78, 5) is 25.0. The van der Waals surface area contributed by atoms with Crippen molar-refractivity contribution in [2.24, 2.45) is 5.92 Å². The van der Waals surface area contributed by atoms with Crippen LogP contribution >= 0.6 is 0 Å². The Hall–Kier alpha value is -1.73. The first kappa shape index (κ1) is 15.2. The van der Waals surface area contributed by atoms with Gasteiger partial charge in [0.15, 0.2) is 11.5 Å². The number of amides is 1. The lowest BCUT2D eigenvalue weighted by molar-refractivity contribution is 0.0102. The third-order valence-corrected chi connectivity index (χ3v) is 4.66. The Kier molecular flexibility index (Phi) is 4.54. The Morgan fingerprint density at radius 2 is 2.05 bits per heavy atom. The van der Waals surface area contributed by atoms with Gasteiger partial charge in [-0.2, -0.15) is 0 Å². The number of morpholine rings is 1. The zero-order valence-electron chi connectivity index (χ0n) is 12.9. The molecule has 2 atom stereocenters. The van der Waals surface area contributed by atoms with Crippen molar-refractivity contribution in [1.82, 2.24) is 19.8 Å². The molecule has 0 radical (unpaired) electrons. The van der Waals surface area contributed by atoms with Gasteiger partial charge in [-0.05, 0) is 5.92 Å². The predicted octanol–water partition coefficient (Wildman–Crippen LogP) is 0.242. The molecule has 2 aliphatic heterocycles. The maximum atomic E-state index is 12.7. The molecule has 0 bridgehead atoms. The number of hydrogen-bond acceptors (Lipinski definition) is 6. The lowest BCUT2D eigenvalue weighted by atomic mass is 9.99. The average Bonchev–Trinajstić information content (AvgIpc) is 3.00. The summed E-state index contributed by atoms with van der Waals surface area (Å²) >= 11 is 0. The van der Waals surface area contributed by atoms with Crippen LogP contribution in [0.3, 0.4) is 0 Å². The minimum atomic E-state index is -0.111. The van der Waals surface area contributed by atoms with Crippen LogP contribution in [0.5, 0.6) is 0 Å². The molecule has 3 heterocycles. The van der Waals surface area contributed by atoms with Crippen LogP contribution in [0, 0.1) is 5.92 Å². The Bertz CT molecular complexity index is 532. The quantitative estimate of drug-likeness (QED) is 0.861. The number of carbonyl (C=O) groups is 1. The first-order chi connectivity index (χ1) is 10.7. The number of nitrogen functional groups attached to an aromatic ring is 1. The van der Waals surface area contributed by atoms with E-state index in [9.17, 15) is 4.79 Å². The van der Waals surface area contributed by atoms with Crippen molar-refractivity contribution in [3.8, 4) is 0 Å². The first-order valence-corrected chi connectivity index (χ1v) is 7.88. The van der Waals surface area contributed by atoms with E-state index in [0.717, 1.165) is 45.8 Å². The summed E-state index contributed by atoms with van der Waals surface area (Å²) in [5.41, 5.74) is 6.05. The minimum absolute atomic E-state index is 0.111.